The summed E-state index contributed by atoms with van der Waals surface area (Å²) in [5, 5.41) is 4.07. The molecule has 1 aromatic carbocycles. The Morgan fingerprint density at radius 2 is 1.97 bits per heavy atom. The number of aromatic nitrogens is 3. The first kappa shape index (κ1) is 25.0. The second kappa shape index (κ2) is 11.1. The Balaban J connectivity index is 1.62. The lowest BCUT2D eigenvalue weighted by molar-refractivity contribution is 0.513. The summed E-state index contributed by atoms with van der Waals surface area (Å²) in [5.74, 6) is 2.85. The lowest BCUT2D eigenvalue weighted by atomic mass is 10.0. The maximum Gasteiger partial charge on any atom is 0.228 e. The number of nitrogens with one attached hydrogen (secondary N) is 1. The van der Waals surface area contributed by atoms with Crippen LogP contribution in [-0.2, 0) is 6.42 Å². The fraction of sp³-hybridized carbons (Fsp3) is 0.393. The molecular weight excluding hydrogens is 456 g/mol. The summed E-state index contributed by atoms with van der Waals surface area (Å²) < 4.78 is 0. The highest BCUT2D eigenvalue weighted by Gasteiger charge is 2.23. The van der Waals surface area contributed by atoms with Gasteiger partial charge in [-0.1, -0.05) is 50.6 Å². The molecule has 1 aliphatic rings. The summed E-state index contributed by atoms with van der Waals surface area (Å²) in [5.41, 5.74) is 4.94. The van der Waals surface area contributed by atoms with Crippen molar-refractivity contribution in [3.05, 3.63) is 71.3 Å². The number of halogens is 1. The van der Waals surface area contributed by atoms with Gasteiger partial charge in [-0.15, -0.1) is 0 Å². The number of benzene rings is 1. The number of rotatable bonds is 8. The van der Waals surface area contributed by atoms with Gasteiger partial charge in [0.1, 0.15) is 5.82 Å². The number of hydrogen-bond donors (Lipinski definition) is 1. The number of pyridine rings is 1. The number of fused-ring (bicyclic) bond motifs is 1. The average molecular weight is 491 g/mol. The van der Waals surface area contributed by atoms with Gasteiger partial charge in [-0.3, -0.25) is 0 Å². The molecule has 3 aromatic rings. The van der Waals surface area contributed by atoms with Crippen molar-refractivity contribution in [1.82, 2.24) is 15.0 Å². The van der Waals surface area contributed by atoms with Gasteiger partial charge in [-0.25, -0.2) is 15.0 Å². The first-order valence-electron chi connectivity index (χ1n) is 12.4. The zero-order valence-electron chi connectivity index (χ0n) is 21.2. The highest BCUT2D eigenvalue weighted by molar-refractivity contribution is 6.30. The Bertz CT molecular complexity index is 1190. The van der Waals surface area contributed by atoms with E-state index in [0.717, 1.165) is 72.3 Å². The Morgan fingerprint density at radius 3 is 2.74 bits per heavy atom. The van der Waals surface area contributed by atoms with Gasteiger partial charge in [0, 0.05) is 42.1 Å². The van der Waals surface area contributed by atoms with E-state index in [1.165, 1.54) is 6.42 Å². The molecule has 1 aliphatic heterocycles. The van der Waals surface area contributed by atoms with E-state index in [1.807, 2.05) is 37.3 Å². The van der Waals surface area contributed by atoms with Gasteiger partial charge in [-0.2, -0.15) is 0 Å². The summed E-state index contributed by atoms with van der Waals surface area (Å²) >= 11 is 6.25. The first-order valence-corrected chi connectivity index (χ1v) is 12.8. The van der Waals surface area contributed by atoms with Crippen LogP contribution >= 0.6 is 11.6 Å². The van der Waals surface area contributed by atoms with E-state index >= 15 is 0 Å². The molecule has 0 spiro atoms. The lowest BCUT2D eigenvalue weighted by Gasteiger charge is -2.27. The first-order chi connectivity index (χ1) is 16.8. The van der Waals surface area contributed by atoms with Crippen molar-refractivity contribution in [2.45, 2.75) is 46.5 Å². The zero-order valence-corrected chi connectivity index (χ0v) is 21.9. The van der Waals surface area contributed by atoms with Gasteiger partial charge < -0.3 is 15.1 Å². The van der Waals surface area contributed by atoms with Crippen LogP contribution < -0.4 is 15.1 Å². The van der Waals surface area contributed by atoms with E-state index in [9.17, 15) is 0 Å². The monoisotopic (exact) mass is 490 g/mol. The standard InChI is InChI=1S/C28H35ClN6/c1-6-19(2)11-12-24-17-20(3)30-28(32-24)31-21(4)35-16-8-15-34(5)26-14-13-25(33-27(26)35)22-9-7-10-23(29)18-22/h7,9-10,13-14,17-19H,4,6,8,11-12,15-16H2,1-3,5H3,(H,30,31,32). The molecule has 0 saturated carbocycles. The molecule has 35 heavy (non-hydrogen) atoms. The van der Waals surface area contributed by atoms with Crippen LogP contribution in [0.15, 0.2) is 54.9 Å². The molecule has 2 aromatic heterocycles. The molecule has 7 heteroatoms. The van der Waals surface area contributed by atoms with E-state index in [-0.39, 0.29) is 0 Å². The maximum atomic E-state index is 6.25. The summed E-state index contributed by atoms with van der Waals surface area (Å²) in [6.07, 6.45) is 4.23. The molecule has 0 radical (unpaired) electrons. The van der Waals surface area contributed by atoms with Crippen molar-refractivity contribution in [3.63, 3.8) is 0 Å². The van der Waals surface area contributed by atoms with Gasteiger partial charge in [0.15, 0.2) is 5.82 Å². The van der Waals surface area contributed by atoms with Gasteiger partial charge in [0.05, 0.1) is 11.4 Å². The van der Waals surface area contributed by atoms with Gasteiger partial charge in [0.25, 0.3) is 0 Å². The Kier molecular flexibility index (Phi) is 7.91. The van der Waals surface area contributed by atoms with Crippen molar-refractivity contribution in [2.24, 2.45) is 5.92 Å². The van der Waals surface area contributed by atoms with E-state index in [4.69, 9.17) is 21.6 Å². The molecule has 1 unspecified atom stereocenters. The zero-order chi connectivity index (χ0) is 24.9. The molecule has 6 nitrogen and oxygen atoms in total. The van der Waals surface area contributed by atoms with Crippen molar-refractivity contribution < 1.29 is 0 Å². The van der Waals surface area contributed by atoms with E-state index in [0.29, 0.717) is 16.9 Å². The normalized spacial score (nSPS) is 14.3. The summed E-state index contributed by atoms with van der Waals surface area (Å²) in [6.45, 7) is 12.6. The fourth-order valence-corrected chi connectivity index (χ4v) is 4.50. The van der Waals surface area contributed by atoms with Crippen LogP contribution in [0.2, 0.25) is 5.02 Å². The largest absolute Gasteiger partial charge is 0.372 e. The topological polar surface area (TPSA) is 57.2 Å². The number of nitrogens with zero attached hydrogens (tertiary/aromatic N) is 5. The molecule has 0 fully saturated rings. The molecule has 1 N–H and O–H groups in total. The third kappa shape index (κ3) is 6.12. The number of anilines is 3. The van der Waals surface area contributed by atoms with Gasteiger partial charge in [-0.05, 0) is 62.4 Å². The highest BCUT2D eigenvalue weighted by atomic mass is 35.5. The smallest absolute Gasteiger partial charge is 0.228 e. The van der Waals surface area contributed by atoms with Crippen molar-refractivity contribution in [1.29, 1.82) is 0 Å². The number of hydrogen-bond acceptors (Lipinski definition) is 6. The molecule has 4 rings (SSSR count). The highest BCUT2D eigenvalue weighted by Crippen LogP contribution is 2.34. The molecule has 184 valence electrons. The Labute approximate surface area is 214 Å². The predicted molar refractivity (Wildman–Crippen MR) is 147 cm³/mol. The van der Waals surface area contributed by atoms with Crippen molar-refractivity contribution in [3.8, 4) is 11.3 Å². The van der Waals surface area contributed by atoms with Crippen LogP contribution in [0.25, 0.3) is 11.3 Å². The molecule has 0 saturated heterocycles. The van der Waals surface area contributed by atoms with Crippen LogP contribution in [0.3, 0.4) is 0 Å². The fourth-order valence-electron chi connectivity index (χ4n) is 4.31. The molecule has 0 bridgehead atoms. The van der Waals surface area contributed by atoms with Crippen LogP contribution in [0.1, 0.15) is 44.5 Å². The SMILES string of the molecule is C=C(Nc1nc(C)cc(CCC(C)CC)n1)N1CCCN(C)c2ccc(-c3cccc(Cl)c3)nc21. The van der Waals surface area contributed by atoms with E-state index in [1.54, 1.807) is 0 Å². The second-order valence-corrected chi connectivity index (χ2v) is 9.86. The van der Waals surface area contributed by atoms with E-state index < -0.39 is 0 Å². The predicted octanol–water partition coefficient (Wildman–Crippen LogP) is 6.71. The minimum absolute atomic E-state index is 0.583. The third-order valence-electron chi connectivity index (χ3n) is 6.60. The van der Waals surface area contributed by atoms with Gasteiger partial charge in [0.2, 0.25) is 5.95 Å². The summed E-state index contributed by atoms with van der Waals surface area (Å²) in [7, 11) is 2.10. The van der Waals surface area contributed by atoms with Crippen molar-refractivity contribution >= 4 is 29.1 Å². The summed E-state index contributed by atoms with van der Waals surface area (Å²) in [4.78, 5) is 18.9. The quantitative estimate of drug-likeness (QED) is 0.378. The van der Waals surface area contributed by atoms with Crippen LogP contribution in [0.4, 0.5) is 17.5 Å². The summed E-state index contributed by atoms with van der Waals surface area (Å²) in [6, 6.07) is 14.0. The third-order valence-corrected chi connectivity index (χ3v) is 6.83. The molecular formula is C28H35ClN6. The second-order valence-electron chi connectivity index (χ2n) is 9.42. The van der Waals surface area contributed by atoms with Crippen molar-refractivity contribution in [2.75, 3.05) is 35.3 Å². The van der Waals surface area contributed by atoms with E-state index in [2.05, 4.69) is 59.7 Å². The molecule has 1 atom stereocenters. The van der Waals surface area contributed by atoms with Crippen LogP contribution in [-0.4, -0.2) is 35.1 Å². The van der Waals surface area contributed by atoms with Gasteiger partial charge >= 0.3 is 0 Å². The molecule has 0 aliphatic carbocycles. The Hall–Kier alpha value is -3.12. The minimum atomic E-state index is 0.583. The maximum absolute atomic E-state index is 6.25. The Morgan fingerprint density at radius 1 is 1.14 bits per heavy atom. The molecule has 3 heterocycles. The van der Waals surface area contributed by atoms with Crippen LogP contribution in [0, 0.1) is 12.8 Å². The minimum Gasteiger partial charge on any atom is -0.372 e. The van der Waals surface area contributed by atoms with Crippen LogP contribution in [0.5, 0.6) is 0 Å². The average Bonchev–Trinajstić information content (AvgIpc) is 3.00. The number of aryl methyl sites for hydroxylation is 2. The molecule has 0 amide bonds. The lowest BCUT2D eigenvalue weighted by Crippen LogP contribution is -2.28.